The van der Waals surface area contributed by atoms with Crippen molar-refractivity contribution in [2.45, 2.75) is 27.7 Å². The number of hydrogen-bond acceptors (Lipinski definition) is 3. The topological polar surface area (TPSA) is 59.3 Å². The second-order valence-electron chi connectivity index (χ2n) is 7.31. The van der Waals surface area contributed by atoms with Gasteiger partial charge in [0.15, 0.2) is 5.76 Å². The molecule has 0 bridgehead atoms. The molecular formula is C21H20ClNO3. The highest BCUT2D eigenvalue weighted by Crippen LogP contribution is 2.30. The van der Waals surface area contributed by atoms with Crippen LogP contribution in [0.4, 0.5) is 5.69 Å². The number of benzene rings is 2. The first-order valence-corrected chi connectivity index (χ1v) is 8.69. The zero-order valence-corrected chi connectivity index (χ0v) is 15.9. The molecule has 26 heavy (non-hydrogen) atoms. The number of rotatable bonds is 3. The summed E-state index contributed by atoms with van der Waals surface area (Å²) in [4.78, 5) is 24.9. The van der Waals surface area contributed by atoms with Gasteiger partial charge < -0.3 is 9.73 Å². The largest absolute Gasteiger partial charge is 0.452 e. The van der Waals surface area contributed by atoms with Crippen molar-refractivity contribution in [2.75, 3.05) is 5.32 Å². The minimum absolute atomic E-state index is 0.0736. The third-order valence-electron chi connectivity index (χ3n) is 4.19. The normalized spacial score (nSPS) is 11.6. The van der Waals surface area contributed by atoms with E-state index in [0.717, 1.165) is 10.9 Å². The summed E-state index contributed by atoms with van der Waals surface area (Å²) in [5.41, 5.74) is 2.04. The second kappa shape index (κ2) is 6.61. The molecule has 4 nitrogen and oxygen atoms in total. The second-order valence-corrected chi connectivity index (χ2v) is 7.74. The van der Waals surface area contributed by atoms with Gasteiger partial charge in [-0.25, -0.2) is 0 Å². The summed E-state index contributed by atoms with van der Waals surface area (Å²) >= 11 is 5.88. The average molecular weight is 370 g/mol. The molecule has 5 heteroatoms. The highest BCUT2D eigenvalue weighted by atomic mass is 35.5. The van der Waals surface area contributed by atoms with Gasteiger partial charge >= 0.3 is 0 Å². The van der Waals surface area contributed by atoms with E-state index in [1.54, 1.807) is 36.4 Å². The number of nitrogens with one attached hydrogen (secondary N) is 1. The molecule has 0 aliphatic carbocycles. The third kappa shape index (κ3) is 3.51. The Morgan fingerprint density at radius 3 is 2.31 bits per heavy atom. The highest BCUT2D eigenvalue weighted by Gasteiger charge is 2.23. The van der Waals surface area contributed by atoms with Gasteiger partial charge in [0.25, 0.3) is 0 Å². The Bertz CT molecular complexity index is 995. The van der Waals surface area contributed by atoms with E-state index in [0.29, 0.717) is 27.6 Å². The first-order chi connectivity index (χ1) is 12.2. The lowest BCUT2D eigenvalue weighted by Gasteiger charge is -2.17. The molecule has 1 aromatic heterocycles. The van der Waals surface area contributed by atoms with E-state index in [1.165, 1.54) is 0 Å². The van der Waals surface area contributed by atoms with Crippen LogP contribution in [0.15, 0.2) is 46.9 Å². The molecule has 0 spiro atoms. The van der Waals surface area contributed by atoms with Crippen LogP contribution in [-0.2, 0) is 4.79 Å². The van der Waals surface area contributed by atoms with Crippen LogP contribution in [0.25, 0.3) is 11.0 Å². The predicted octanol–water partition coefficient (Wildman–Crippen LogP) is 5.61. The van der Waals surface area contributed by atoms with Gasteiger partial charge in [0.2, 0.25) is 11.7 Å². The van der Waals surface area contributed by atoms with Crippen LogP contribution in [-0.4, -0.2) is 11.7 Å². The fraction of sp³-hybridized carbons (Fsp3) is 0.238. The SMILES string of the molecule is Cc1c(C(=O)c2ccc(Cl)cc2)oc2ccc(NC(=O)C(C)(C)C)cc12. The lowest BCUT2D eigenvalue weighted by atomic mass is 9.95. The molecule has 0 aliphatic rings. The van der Waals surface area contributed by atoms with Crippen LogP contribution < -0.4 is 5.32 Å². The molecule has 1 heterocycles. The van der Waals surface area contributed by atoms with Gasteiger partial charge in [-0.05, 0) is 49.4 Å². The molecule has 0 radical (unpaired) electrons. The maximum Gasteiger partial charge on any atom is 0.229 e. The van der Waals surface area contributed by atoms with Gasteiger partial charge in [-0.1, -0.05) is 32.4 Å². The van der Waals surface area contributed by atoms with E-state index in [2.05, 4.69) is 5.32 Å². The van der Waals surface area contributed by atoms with Crippen molar-refractivity contribution in [1.29, 1.82) is 0 Å². The lowest BCUT2D eigenvalue weighted by Crippen LogP contribution is -2.27. The third-order valence-corrected chi connectivity index (χ3v) is 4.44. The predicted molar refractivity (Wildman–Crippen MR) is 104 cm³/mol. The van der Waals surface area contributed by atoms with Gasteiger partial charge in [-0.2, -0.15) is 0 Å². The average Bonchev–Trinajstić information content (AvgIpc) is 2.91. The molecule has 0 saturated heterocycles. The Balaban J connectivity index is 1.97. The zero-order chi connectivity index (χ0) is 19.1. The van der Waals surface area contributed by atoms with E-state index in [9.17, 15) is 9.59 Å². The van der Waals surface area contributed by atoms with Crippen molar-refractivity contribution in [3.8, 4) is 0 Å². The van der Waals surface area contributed by atoms with E-state index in [1.807, 2.05) is 33.8 Å². The van der Waals surface area contributed by atoms with Crippen LogP contribution in [0.2, 0.25) is 5.02 Å². The fourth-order valence-corrected chi connectivity index (χ4v) is 2.69. The number of fused-ring (bicyclic) bond motifs is 1. The van der Waals surface area contributed by atoms with Crippen molar-refractivity contribution in [3.05, 3.63) is 64.4 Å². The number of furan rings is 1. The minimum Gasteiger partial charge on any atom is -0.452 e. The number of amides is 1. The highest BCUT2D eigenvalue weighted by molar-refractivity contribution is 6.30. The minimum atomic E-state index is -0.490. The van der Waals surface area contributed by atoms with Crippen molar-refractivity contribution in [1.82, 2.24) is 0 Å². The Kier molecular flexibility index (Phi) is 4.63. The molecule has 0 unspecified atom stereocenters. The Morgan fingerprint density at radius 1 is 1.04 bits per heavy atom. The molecule has 1 N–H and O–H groups in total. The summed E-state index contributed by atoms with van der Waals surface area (Å²) in [6.45, 7) is 7.40. The number of anilines is 1. The maximum atomic E-state index is 12.7. The molecule has 0 fully saturated rings. The molecule has 0 saturated carbocycles. The maximum absolute atomic E-state index is 12.7. The summed E-state index contributed by atoms with van der Waals surface area (Å²) in [6, 6.07) is 12.1. The first-order valence-electron chi connectivity index (χ1n) is 8.31. The zero-order valence-electron chi connectivity index (χ0n) is 15.1. The van der Waals surface area contributed by atoms with Crippen molar-refractivity contribution >= 4 is 39.9 Å². The van der Waals surface area contributed by atoms with Gasteiger partial charge in [0.05, 0.1) is 0 Å². The number of aryl methyl sites for hydroxylation is 1. The van der Waals surface area contributed by atoms with E-state index in [4.69, 9.17) is 16.0 Å². The molecule has 3 rings (SSSR count). The van der Waals surface area contributed by atoms with Crippen molar-refractivity contribution in [2.24, 2.45) is 5.41 Å². The molecule has 0 atom stereocenters. The molecular weight excluding hydrogens is 350 g/mol. The number of carbonyl (C=O) groups is 2. The summed E-state index contributed by atoms with van der Waals surface area (Å²) in [6.07, 6.45) is 0. The smallest absolute Gasteiger partial charge is 0.229 e. The Labute approximate surface area is 157 Å². The van der Waals surface area contributed by atoms with Gasteiger partial charge in [-0.3, -0.25) is 9.59 Å². The van der Waals surface area contributed by atoms with E-state index in [-0.39, 0.29) is 11.7 Å². The Morgan fingerprint density at radius 2 is 1.69 bits per heavy atom. The molecule has 1 amide bonds. The molecule has 3 aromatic rings. The summed E-state index contributed by atoms with van der Waals surface area (Å²) in [7, 11) is 0. The van der Waals surface area contributed by atoms with E-state index >= 15 is 0 Å². The van der Waals surface area contributed by atoms with Crippen LogP contribution in [0, 0.1) is 12.3 Å². The first kappa shape index (κ1) is 18.2. The number of halogens is 1. The monoisotopic (exact) mass is 369 g/mol. The van der Waals surface area contributed by atoms with Gasteiger partial charge in [-0.15, -0.1) is 0 Å². The summed E-state index contributed by atoms with van der Waals surface area (Å²) < 4.78 is 5.78. The standard InChI is InChI=1S/C21H20ClNO3/c1-12-16-11-15(23-20(25)21(2,3)4)9-10-17(16)26-19(12)18(24)13-5-7-14(22)8-6-13/h5-11H,1-4H3,(H,23,25). The van der Waals surface area contributed by atoms with Crippen molar-refractivity contribution in [3.63, 3.8) is 0 Å². The Hall–Kier alpha value is -2.59. The van der Waals surface area contributed by atoms with Gasteiger partial charge in [0, 0.05) is 32.6 Å². The number of carbonyl (C=O) groups excluding carboxylic acids is 2. The van der Waals surface area contributed by atoms with Crippen LogP contribution in [0.3, 0.4) is 0 Å². The van der Waals surface area contributed by atoms with Crippen molar-refractivity contribution < 1.29 is 14.0 Å². The number of hydrogen-bond donors (Lipinski definition) is 1. The fourth-order valence-electron chi connectivity index (χ4n) is 2.57. The molecule has 134 valence electrons. The number of ketones is 1. The van der Waals surface area contributed by atoms with E-state index < -0.39 is 5.41 Å². The van der Waals surface area contributed by atoms with Crippen LogP contribution in [0.5, 0.6) is 0 Å². The lowest BCUT2D eigenvalue weighted by molar-refractivity contribution is -0.123. The van der Waals surface area contributed by atoms with Crippen LogP contribution in [0.1, 0.15) is 42.5 Å². The van der Waals surface area contributed by atoms with Gasteiger partial charge in [0.1, 0.15) is 5.58 Å². The summed E-state index contributed by atoms with van der Waals surface area (Å²) in [5.74, 6) is 0.0210. The summed E-state index contributed by atoms with van der Waals surface area (Å²) in [5, 5.41) is 4.27. The molecule has 0 aliphatic heterocycles. The quantitative estimate of drug-likeness (QED) is 0.610. The molecule has 2 aromatic carbocycles. The van der Waals surface area contributed by atoms with Crippen LogP contribution >= 0.6 is 11.6 Å².